The molecule has 0 heterocycles. The number of carboxylic acids is 1. The van der Waals surface area contributed by atoms with Gasteiger partial charge in [-0.3, -0.25) is 9.59 Å². The molecule has 1 aromatic carbocycles. The van der Waals surface area contributed by atoms with Crippen LogP contribution in [0.4, 0.5) is 5.69 Å². The summed E-state index contributed by atoms with van der Waals surface area (Å²) in [6, 6.07) is 4.72. The van der Waals surface area contributed by atoms with E-state index >= 15 is 0 Å². The molecular weight excluding hydrogens is 246 g/mol. The molecule has 1 rings (SSSR count). The average molecular weight is 258 g/mol. The number of benzene rings is 1. The number of methoxy groups -OCH3 is 1. The molecule has 0 saturated carbocycles. The third-order valence-corrected chi connectivity index (χ3v) is 2.52. The number of anilines is 1. The molecule has 0 saturated heterocycles. The fourth-order valence-corrected chi connectivity index (χ4v) is 1.25. The SMILES string of the molecule is COc1ccc(Cl)c(NC(=O)C(C)C(=O)O)c1. The summed E-state index contributed by atoms with van der Waals surface area (Å²) in [5, 5.41) is 11.4. The van der Waals surface area contributed by atoms with Gasteiger partial charge in [-0.2, -0.15) is 0 Å². The van der Waals surface area contributed by atoms with Gasteiger partial charge in [0, 0.05) is 6.07 Å². The Morgan fingerprint density at radius 3 is 2.65 bits per heavy atom. The van der Waals surface area contributed by atoms with Crippen molar-refractivity contribution in [2.45, 2.75) is 6.92 Å². The number of rotatable bonds is 4. The lowest BCUT2D eigenvalue weighted by Crippen LogP contribution is -2.27. The molecule has 0 aliphatic rings. The van der Waals surface area contributed by atoms with Crippen LogP contribution in [0.15, 0.2) is 18.2 Å². The van der Waals surface area contributed by atoms with E-state index in [0.717, 1.165) is 0 Å². The molecule has 0 bridgehead atoms. The maximum atomic E-state index is 11.5. The van der Waals surface area contributed by atoms with Crippen LogP contribution in [-0.2, 0) is 9.59 Å². The largest absolute Gasteiger partial charge is 0.497 e. The normalized spacial score (nSPS) is 11.7. The molecule has 1 amide bonds. The summed E-state index contributed by atoms with van der Waals surface area (Å²) in [5.41, 5.74) is 0.323. The molecule has 1 atom stereocenters. The molecule has 2 N–H and O–H groups in total. The minimum Gasteiger partial charge on any atom is -0.497 e. The van der Waals surface area contributed by atoms with Gasteiger partial charge in [0.05, 0.1) is 17.8 Å². The Morgan fingerprint density at radius 1 is 1.47 bits per heavy atom. The van der Waals surface area contributed by atoms with Crippen molar-refractivity contribution >= 4 is 29.2 Å². The van der Waals surface area contributed by atoms with E-state index in [-0.39, 0.29) is 0 Å². The molecule has 6 heteroatoms. The Bertz CT molecular complexity index is 447. The van der Waals surface area contributed by atoms with Crippen molar-refractivity contribution in [1.29, 1.82) is 0 Å². The summed E-state index contributed by atoms with van der Waals surface area (Å²) < 4.78 is 4.97. The number of carboxylic acid groups (broad SMARTS) is 1. The third kappa shape index (κ3) is 3.35. The van der Waals surface area contributed by atoms with Crippen molar-refractivity contribution in [1.82, 2.24) is 0 Å². The van der Waals surface area contributed by atoms with Gasteiger partial charge in [-0.1, -0.05) is 11.6 Å². The van der Waals surface area contributed by atoms with E-state index in [0.29, 0.717) is 16.5 Å². The van der Waals surface area contributed by atoms with Crippen LogP contribution in [-0.4, -0.2) is 24.1 Å². The van der Waals surface area contributed by atoms with Crippen LogP contribution in [0, 0.1) is 5.92 Å². The van der Waals surface area contributed by atoms with Gasteiger partial charge >= 0.3 is 5.97 Å². The highest BCUT2D eigenvalue weighted by atomic mass is 35.5. The molecule has 5 nitrogen and oxygen atoms in total. The van der Waals surface area contributed by atoms with Gasteiger partial charge in [-0.05, 0) is 19.1 Å². The second kappa shape index (κ2) is 5.54. The predicted molar refractivity (Wildman–Crippen MR) is 63.4 cm³/mol. The zero-order valence-electron chi connectivity index (χ0n) is 9.36. The Morgan fingerprint density at radius 2 is 2.12 bits per heavy atom. The fraction of sp³-hybridized carbons (Fsp3) is 0.273. The Kier molecular flexibility index (Phi) is 4.34. The molecular formula is C11H12ClNO4. The van der Waals surface area contributed by atoms with Crippen molar-refractivity contribution in [3.63, 3.8) is 0 Å². The zero-order chi connectivity index (χ0) is 13.0. The molecule has 0 aliphatic heterocycles. The van der Waals surface area contributed by atoms with E-state index in [1.54, 1.807) is 12.1 Å². The third-order valence-electron chi connectivity index (χ3n) is 2.20. The number of carbonyl (C=O) groups is 2. The van der Waals surface area contributed by atoms with Crippen LogP contribution in [0.2, 0.25) is 5.02 Å². The molecule has 0 fully saturated rings. The number of hydrogen-bond acceptors (Lipinski definition) is 3. The standard InChI is InChI=1S/C11H12ClNO4/c1-6(11(15)16)10(14)13-9-5-7(17-2)3-4-8(9)12/h3-6H,1-2H3,(H,13,14)(H,15,16). The molecule has 0 radical (unpaired) electrons. The molecule has 1 unspecified atom stereocenters. The molecule has 1 aromatic rings. The summed E-state index contributed by atoms with van der Waals surface area (Å²) in [5.74, 6) is -2.45. The molecule has 0 aliphatic carbocycles. The first-order valence-electron chi connectivity index (χ1n) is 4.83. The van der Waals surface area contributed by atoms with E-state index in [1.165, 1.54) is 20.1 Å². The zero-order valence-corrected chi connectivity index (χ0v) is 10.1. The highest BCUT2D eigenvalue weighted by Gasteiger charge is 2.21. The van der Waals surface area contributed by atoms with Crippen LogP contribution < -0.4 is 10.1 Å². The highest BCUT2D eigenvalue weighted by molar-refractivity contribution is 6.33. The molecule has 17 heavy (non-hydrogen) atoms. The summed E-state index contributed by atoms with van der Waals surface area (Å²) >= 11 is 5.86. The smallest absolute Gasteiger partial charge is 0.315 e. The number of ether oxygens (including phenoxy) is 1. The van der Waals surface area contributed by atoms with Gasteiger partial charge in [-0.15, -0.1) is 0 Å². The van der Waals surface area contributed by atoms with Gasteiger partial charge in [0.15, 0.2) is 0 Å². The number of halogens is 1. The summed E-state index contributed by atoms with van der Waals surface area (Å²) in [6.07, 6.45) is 0. The van der Waals surface area contributed by atoms with Crippen molar-refractivity contribution in [3.05, 3.63) is 23.2 Å². The van der Waals surface area contributed by atoms with Crippen molar-refractivity contribution in [2.75, 3.05) is 12.4 Å². The van der Waals surface area contributed by atoms with Crippen molar-refractivity contribution in [2.24, 2.45) is 5.92 Å². The number of aliphatic carboxylic acids is 1. The lowest BCUT2D eigenvalue weighted by atomic mass is 10.1. The molecule has 92 valence electrons. The van der Waals surface area contributed by atoms with E-state index in [1.807, 2.05) is 0 Å². The maximum Gasteiger partial charge on any atom is 0.315 e. The predicted octanol–water partition coefficient (Wildman–Crippen LogP) is 2.01. The summed E-state index contributed by atoms with van der Waals surface area (Å²) in [6.45, 7) is 1.30. The number of amides is 1. The van der Waals surface area contributed by atoms with Gasteiger partial charge in [-0.25, -0.2) is 0 Å². The van der Waals surface area contributed by atoms with Crippen LogP contribution in [0.1, 0.15) is 6.92 Å². The molecule has 0 aromatic heterocycles. The number of nitrogens with one attached hydrogen (secondary N) is 1. The van der Waals surface area contributed by atoms with Crippen LogP contribution in [0.3, 0.4) is 0 Å². The first-order valence-corrected chi connectivity index (χ1v) is 5.20. The Hall–Kier alpha value is -1.75. The minimum atomic E-state index is -1.19. The first kappa shape index (κ1) is 13.3. The van der Waals surface area contributed by atoms with E-state index in [4.69, 9.17) is 21.4 Å². The lowest BCUT2D eigenvalue weighted by Gasteiger charge is -2.11. The van der Waals surface area contributed by atoms with E-state index in [2.05, 4.69) is 5.32 Å². The highest BCUT2D eigenvalue weighted by Crippen LogP contribution is 2.26. The quantitative estimate of drug-likeness (QED) is 0.809. The number of hydrogen-bond donors (Lipinski definition) is 2. The van der Waals surface area contributed by atoms with Crippen LogP contribution in [0.25, 0.3) is 0 Å². The maximum absolute atomic E-state index is 11.5. The average Bonchev–Trinajstić information content (AvgIpc) is 2.30. The summed E-state index contributed by atoms with van der Waals surface area (Å²) in [7, 11) is 1.48. The van der Waals surface area contributed by atoms with E-state index < -0.39 is 17.8 Å². The van der Waals surface area contributed by atoms with Gasteiger partial charge < -0.3 is 15.2 Å². The topological polar surface area (TPSA) is 75.6 Å². The van der Waals surface area contributed by atoms with E-state index in [9.17, 15) is 9.59 Å². The van der Waals surface area contributed by atoms with Crippen molar-refractivity contribution in [3.8, 4) is 5.75 Å². The van der Waals surface area contributed by atoms with Gasteiger partial charge in [0.25, 0.3) is 0 Å². The minimum absolute atomic E-state index is 0.316. The van der Waals surface area contributed by atoms with Crippen molar-refractivity contribution < 1.29 is 19.4 Å². The second-order valence-corrected chi connectivity index (χ2v) is 3.80. The Balaban J connectivity index is 2.87. The lowest BCUT2D eigenvalue weighted by molar-refractivity contribution is -0.144. The van der Waals surface area contributed by atoms with Gasteiger partial charge in [0.2, 0.25) is 5.91 Å². The van der Waals surface area contributed by atoms with Crippen LogP contribution >= 0.6 is 11.6 Å². The number of carbonyl (C=O) groups excluding carboxylic acids is 1. The van der Waals surface area contributed by atoms with Gasteiger partial charge in [0.1, 0.15) is 11.7 Å². The monoisotopic (exact) mass is 257 g/mol. The Labute approximate surface area is 103 Å². The second-order valence-electron chi connectivity index (χ2n) is 3.39. The fourth-order valence-electron chi connectivity index (χ4n) is 1.08. The molecule has 0 spiro atoms. The summed E-state index contributed by atoms with van der Waals surface area (Å²) in [4.78, 5) is 22.1. The van der Waals surface area contributed by atoms with Crippen LogP contribution in [0.5, 0.6) is 5.75 Å². The first-order chi connectivity index (χ1) is 7.95.